The Labute approximate surface area is 131 Å². The zero-order chi connectivity index (χ0) is 15.2. The van der Waals surface area contributed by atoms with Crippen molar-refractivity contribution in [2.45, 2.75) is 38.1 Å². The third kappa shape index (κ3) is 4.10. The van der Waals surface area contributed by atoms with Crippen molar-refractivity contribution in [3.8, 4) is 5.75 Å². The van der Waals surface area contributed by atoms with Gasteiger partial charge in [-0.15, -0.1) is 0 Å². The molecule has 118 valence electrons. The molecule has 0 unspecified atom stereocenters. The summed E-state index contributed by atoms with van der Waals surface area (Å²) >= 11 is 0. The van der Waals surface area contributed by atoms with Crippen molar-refractivity contribution in [3.63, 3.8) is 0 Å². The fourth-order valence-corrected chi connectivity index (χ4v) is 3.09. The summed E-state index contributed by atoms with van der Waals surface area (Å²) in [7, 11) is 0. The van der Waals surface area contributed by atoms with E-state index in [2.05, 4.69) is 22.8 Å². The lowest BCUT2D eigenvalue weighted by molar-refractivity contribution is -0.121. The van der Waals surface area contributed by atoms with Gasteiger partial charge in [-0.3, -0.25) is 4.79 Å². The average molecular weight is 300 g/mol. The van der Waals surface area contributed by atoms with Crippen molar-refractivity contribution < 1.29 is 9.53 Å². The van der Waals surface area contributed by atoms with Crippen molar-refractivity contribution in [2.24, 2.45) is 0 Å². The van der Waals surface area contributed by atoms with Crippen LogP contribution in [-0.2, 0) is 4.79 Å². The highest BCUT2D eigenvalue weighted by atomic mass is 16.5. The Morgan fingerprint density at radius 3 is 2.91 bits per heavy atom. The van der Waals surface area contributed by atoms with Gasteiger partial charge in [-0.05, 0) is 30.6 Å². The molecule has 1 fully saturated rings. The molecular formula is C18H24N2O2. The normalized spacial score (nSPS) is 17.5. The summed E-state index contributed by atoms with van der Waals surface area (Å²) in [6.45, 7) is 2.10. The van der Waals surface area contributed by atoms with Crippen LogP contribution in [0.25, 0.3) is 6.08 Å². The lowest BCUT2D eigenvalue weighted by Gasteiger charge is -2.18. The number of rotatable bonds is 6. The number of carbonyl (C=O) groups is 1. The minimum absolute atomic E-state index is 0.165. The molecule has 0 spiro atoms. The maximum atomic E-state index is 11.8. The Hall–Kier alpha value is -1.81. The summed E-state index contributed by atoms with van der Waals surface area (Å²) < 4.78 is 5.72. The van der Waals surface area contributed by atoms with Crippen LogP contribution in [-0.4, -0.2) is 31.6 Å². The smallest absolute Gasteiger partial charge is 0.221 e. The molecule has 0 atom stereocenters. The van der Waals surface area contributed by atoms with Crippen molar-refractivity contribution in [3.05, 3.63) is 35.4 Å². The molecule has 4 heteroatoms. The Morgan fingerprint density at radius 1 is 1.23 bits per heavy atom. The summed E-state index contributed by atoms with van der Waals surface area (Å²) in [4.78, 5) is 11.8. The Kier molecular flexibility index (Phi) is 5.11. The van der Waals surface area contributed by atoms with Crippen molar-refractivity contribution in [1.29, 1.82) is 0 Å². The molecule has 1 aliphatic carbocycles. The summed E-state index contributed by atoms with van der Waals surface area (Å²) in [6.07, 6.45) is 7.49. The van der Waals surface area contributed by atoms with E-state index < -0.39 is 0 Å². The molecule has 1 heterocycles. The highest BCUT2D eigenvalue weighted by molar-refractivity contribution is 5.76. The second-order valence-electron chi connectivity index (χ2n) is 6.10. The van der Waals surface area contributed by atoms with Gasteiger partial charge < -0.3 is 15.4 Å². The number of carbonyl (C=O) groups excluding carboxylic acids is 1. The minimum atomic E-state index is 0.165. The van der Waals surface area contributed by atoms with Crippen LogP contribution in [0.3, 0.4) is 0 Å². The zero-order valence-corrected chi connectivity index (χ0v) is 12.9. The van der Waals surface area contributed by atoms with Crippen LogP contribution >= 0.6 is 0 Å². The molecule has 22 heavy (non-hydrogen) atoms. The van der Waals surface area contributed by atoms with Gasteiger partial charge in [0.15, 0.2) is 0 Å². The molecule has 1 aromatic rings. The predicted molar refractivity (Wildman–Crippen MR) is 87.8 cm³/mol. The second-order valence-corrected chi connectivity index (χ2v) is 6.10. The Morgan fingerprint density at radius 2 is 2.05 bits per heavy atom. The maximum absolute atomic E-state index is 11.8. The van der Waals surface area contributed by atoms with Gasteiger partial charge in [-0.2, -0.15) is 0 Å². The molecule has 1 saturated carbocycles. The first-order valence-corrected chi connectivity index (χ1v) is 8.22. The number of fused-ring (bicyclic) bond motifs is 1. The number of nitrogens with one attached hydrogen (secondary N) is 2. The van der Waals surface area contributed by atoms with Gasteiger partial charge in [0.2, 0.25) is 5.91 Å². The number of hydrogen-bond donors (Lipinski definition) is 2. The van der Waals surface area contributed by atoms with E-state index in [1.807, 2.05) is 18.2 Å². The summed E-state index contributed by atoms with van der Waals surface area (Å²) in [6, 6.07) is 8.47. The maximum Gasteiger partial charge on any atom is 0.221 e. The van der Waals surface area contributed by atoms with Crippen LogP contribution in [0.15, 0.2) is 29.8 Å². The van der Waals surface area contributed by atoms with E-state index in [4.69, 9.17) is 4.74 Å². The first-order valence-electron chi connectivity index (χ1n) is 8.22. The molecular weight excluding hydrogens is 276 g/mol. The van der Waals surface area contributed by atoms with Crippen molar-refractivity contribution in [1.82, 2.24) is 10.6 Å². The van der Waals surface area contributed by atoms with E-state index in [-0.39, 0.29) is 5.91 Å². The van der Waals surface area contributed by atoms with Gasteiger partial charge in [0.05, 0.1) is 0 Å². The van der Waals surface area contributed by atoms with E-state index in [0.717, 1.165) is 30.7 Å². The highest BCUT2D eigenvalue weighted by Crippen LogP contribution is 2.25. The number of amides is 1. The van der Waals surface area contributed by atoms with E-state index in [1.54, 1.807) is 0 Å². The number of hydrogen-bond acceptors (Lipinski definition) is 3. The van der Waals surface area contributed by atoms with Crippen molar-refractivity contribution >= 4 is 12.0 Å². The third-order valence-corrected chi connectivity index (χ3v) is 4.29. The molecule has 0 bridgehead atoms. The lowest BCUT2D eigenvalue weighted by Crippen LogP contribution is -2.35. The molecule has 0 saturated heterocycles. The topological polar surface area (TPSA) is 50.4 Å². The van der Waals surface area contributed by atoms with Crippen LogP contribution in [0.4, 0.5) is 0 Å². The molecule has 2 N–H and O–H groups in total. The molecule has 4 nitrogen and oxygen atoms in total. The molecule has 3 rings (SSSR count). The SMILES string of the molecule is O=C(CCNCC1=Cc2ccccc2OC1)NC1CCCC1. The first kappa shape index (κ1) is 15.1. The average Bonchev–Trinajstić information content (AvgIpc) is 3.04. The predicted octanol–water partition coefficient (Wildman–Crippen LogP) is 2.50. The number of benzene rings is 1. The van der Waals surface area contributed by atoms with Crippen molar-refractivity contribution in [2.75, 3.05) is 19.7 Å². The summed E-state index contributed by atoms with van der Waals surface area (Å²) in [5.74, 6) is 1.11. The van der Waals surface area contributed by atoms with Crippen LogP contribution in [0, 0.1) is 0 Å². The standard InChI is InChI=1S/C18H24N2O2/c21-18(20-16-6-2-3-7-16)9-10-19-12-14-11-15-5-1-4-8-17(15)22-13-14/h1,4-5,8,11,16,19H,2-3,6-7,9-10,12-13H2,(H,20,21). The number of para-hydroxylation sites is 1. The van der Waals surface area contributed by atoms with Crippen LogP contribution in [0.1, 0.15) is 37.7 Å². The fourth-order valence-electron chi connectivity index (χ4n) is 3.09. The third-order valence-electron chi connectivity index (χ3n) is 4.29. The first-order chi connectivity index (χ1) is 10.8. The monoisotopic (exact) mass is 300 g/mol. The summed E-state index contributed by atoms with van der Waals surface area (Å²) in [5.41, 5.74) is 2.35. The van der Waals surface area contributed by atoms with Gasteiger partial charge in [-0.25, -0.2) is 0 Å². The van der Waals surface area contributed by atoms with Gasteiger partial charge in [0, 0.05) is 31.1 Å². The largest absolute Gasteiger partial charge is 0.489 e. The van der Waals surface area contributed by atoms with E-state index >= 15 is 0 Å². The molecule has 1 aromatic carbocycles. The Bertz CT molecular complexity index is 548. The molecule has 1 aliphatic heterocycles. The lowest BCUT2D eigenvalue weighted by atomic mass is 10.1. The quantitative estimate of drug-likeness (QED) is 0.794. The van der Waals surface area contributed by atoms with E-state index in [1.165, 1.54) is 18.4 Å². The second kappa shape index (κ2) is 7.45. The Balaban J connectivity index is 1.37. The molecule has 1 amide bonds. The van der Waals surface area contributed by atoms with E-state index in [9.17, 15) is 4.79 Å². The van der Waals surface area contributed by atoms with Gasteiger partial charge in [0.1, 0.15) is 12.4 Å². The fraction of sp³-hybridized carbons (Fsp3) is 0.500. The molecule has 0 aromatic heterocycles. The molecule has 2 aliphatic rings. The van der Waals surface area contributed by atoms with Gasteiger partial charge in [0.25, 0.3) is 0 Å². The van der Waals surface area contributed by atoms with Gasteiger partial charge >= 0.3 is 0 Å². The number of ether oxygens (including phenoxy) is 1. The zero-order valence-electron chi connectivity index (χ0n) is 12.9. The van der Waals surface area contributed by atoms with Crippen LogP contribution in [0.5, 0.6) is 5.75 Å². The van der Waals surface area contributed by atoms with Crippen LogP contribution in [0.2, 0.25) is 0 Å². The minimum Gasteiger partial charge on any atom is -0.489 e. The van der Waals surface area contributed by atoms with E-state index in [0.29, 0.717) is 25.6 Å². The van der Waals surface area contributed by atoms with Crippen LogP contribution < -0.4 is 15.4 Å². The molecule has 0 radical (unpaired) electrons. The van der Waals surface area contributed by atoms with Gasteiger partial charge in [-0.1, -0.05) is 31.0 Å². The highest BCUT2D eigenvalue weighted by Gasteiger charge is 2.16. The summed E-state index contributed by atoms with van der Waals surface area (Å²) in [5, 5.41) is 6.44.